The lowest BCUT2D eigenvalue weighted by Gasteiger charge is -2.58. The molecule has 0 saturated heterocycles. The van der Waals surface area contributed by atoms with Gasteiger partial charge in [0.15, 0.2) is 0 Å². The fourth-order valence-corrected chi connectivity index (χ4v) is 8.71. The second-order valence-corrected chi connectivity index (χ2v) is 14.5. The Hall–Kier alpha value is -1.84. The van der Waals surface area contributed by atoms with Gasteiger partial charge >= 0.3 is 11.9 Å². The highest BCUT2D eigenvalue weighted by atomic mass is 16.4. The average Bonchev–Trinajstić information content (AvgIpc) is 2.95. The molecule has 1 unspecified atom stereocenters. The molecule has 0 aromatic carbocycles. The Morgan fingerprint density at radius 3 is 2.07 bits per heavy atom. The Labute approximate surface area is 257 Å². The van der Waals surface area contributed by atoms with Gasteiger partial charge in [-0.15, -0.1) is 0 Å². The van der Waals surface area contributed by atoms with E-state index in [-0.39, 0.29) is 11.3 Å². The molecule has 0 radical (unpaired) electrons. The molecule has 4 nitrogen and oxygen atoms in total. The van der Waals surface area contributed by atoms with E-state index in [0.717, 1.165) is 57.8 Å². The van der Waals surface area contributed by atoms with E-state index in [1.807, 2.05) is 0 Å². The molecule has 0 amide bonds. The van der Waals surface area contributed by atoms with Gasteiger partial charge in [0, 0.05) is 6.42 Å². The van der Waals surface area contributed by atoms with Crippen molar-refractivity contribution in [3.63, 3.8) is 0 Å². The van der Waals surface area contributed by atoms with Gasteiger partial charge in [0.05, 0.1) is 5.41 Å². The number of unbranched alkanes of at least 4 members (excludes halogenated alkanes) is 12. The molecule has 1 fully saturated rings. The van der Waals surface area contributed by atoms with E-state index in [1.165, 1.54) is 82.6 Å². The van der Waals surface area contributed by atoms with Crippen molar-refractivity contribution in [2.45, 2.75) is 162 Å². The molecule has 0 aliphatic heterocycles. The zero-order chi connectivity index (χ0) is 30.4. The van der Waals surface area contributed by atoms with E-state index < -0.39 is 17.4 Å². The van der Waals surface area contributed by atoms with Crippen LogP contribution in [0.1, 0.15) is 162 Å². The summed E-state index contributed by atoms with van der Waals surface area (Å²) in [6, 6.07) is 0. The summed E-state index contributed by atoms with van der Waals surface area (Å²) in [4.78, 5) is 23.5. The number of hydrogen-bond acceptors (Lipinski definition) is 2. The van der Waals surface area contributed by atoms with Crippen molar-refractivity contribution in [3.8, 4) is 0 Å². The molecule has 238 valence electrons. The number of rotatable bonds is 20. The van der Waals surface area contributed by atoms with Gasteiger partial charge in [-0.05, 0) is 99.4 Å². The van der Waals surface area contributed by atoms with Crippen LogP contribution in [-0.2, 0) is 9.59 Å². The maximum Gasteiger partial charge on any atom is 0.309 e. The SMILES string of the molecule is CC(C)C1=CC2=CCC3[C@@](CCCCCCCCCC=CCCCCCCCC(=O)O)(C(=O)O)CCC[C@]3(C)[C@@H]2CC1. The van der Waals surface area contributed by atoms with Crippen LogP contribution in [0.25, 0.3) is 0 Å². The normalized spacial score (nSPS) is 27.4. The summed E-state index contributed by atoms with van der Waals surface area (Å²) in [7, 11) is 0. The zero-order valence-electron chi connectivity index (χ0n) is 27.3. The van der Waals surface area contributed by atoms with Crippen molar-refractivity contribution in [1.29, 1.82) is 0 Å². The number of carboxylic acid groups (broad SMARTS) is 2. The van der Waals surface area contributed by atoms with Gasteiger partial charge in [-0.2, -0.15) is 0 Å². The minimum absolute atomic E-state index is 0.123. The van der Waals surface area contributed by atoms with Crippen LogP contribution in [0.2, 0.25) is 0 Å². The second-order valence-electron chi connectivity index (χ2n) is 14.5. The molecule has 4 heteroatoms. The number of carbonyl (C=O) groups is 2. The van der Waals surface area contributed by atoms with Crippen LogP contribution in [0.3, 0.4) is 0 Å². The molecule has 3 rings (SSSR count). The minimum atomic E-state index is -0.679. The maximum atomic E-state index is 12.9. The highest BCUT2D eigenvalue weighted by molar-refractivity contribution is 5.75. The molecule has 42 heavy (non-hydrogen) atoms. The Kier molecular flexibility index (Phi) is 14.4. The van der Waals surface area contributed by atoms with Crippen LogP contribution in [0.4, 0.5) is 0 Å². The van der Waals surface area contributed by atoms with Gasteiger partial charge in [0.1, 0.15) is 0 Å². The third-order valence-corrected chi connectivity index (χ3v) is 11.3. The molecule has 1 saturated carbocycles. The Morgan fingerprint density at radius 1 is 0.881 bits per heavy atom. The first-order chi connectivity index (χ1) is 20.2. The van der Waals surface area contributed by atoms with Crippen LogP contribution in [0.5, 0.6) is 0 Å². The molecule has 0 bridgehead atoms. The minimum Gasteiger partial charge on any atom is -0.481 e. The fraction of sp³-hybridized carbons (Fsp3) is 0.789. The summed E-state index contributed by atoms with van der Waals surface area (Å²) < 4.78 is 0. The monoisotopic (exact) mass is 582 g/mol. The quantitative estimate of drug-likeness (QED) is 0.111. The molecule has 3 aliphatic carbocycles. The van der Waals surface area contributed by atoms with Gasteiger partial charge in [0.2, 0.25) is 0 Å². The number of allylic oxidation sites excluding steroid dienone is 6. The first kappa shape index (κ1) is 34.6. The van der Waals surface area contributed by atoms with E-state index in [2.05, 4.69) is 45.1 Å². The summed E-state index contributed by atoms with van der Waals surface area (Å²) in [6.45, 7) is 7.05. The first-order valence-corrected chi connectivity index (χ1v) is 17.7. The molecule has 0 heterocycles. The average molecular weight is 583 g/mol. The van der Waals surface area contributed by atoms with Gasteiger partial charge in [-0.1, -0.05) is 115 Å². The molecule has 2 N–H and O–H groups in total. The summed E-state index contributed by atoms with van der Waals surface area (Å²) in [6.07, 6.45) is 33.5. The second kappa shape index (κ2) is 17.5. The largest absolute Gasteiger partial charge is 0.481 e. The molecular weight excluding hydrogens is 520 g/mol. The molecule has 0 aromatic heterocycles. The maximum absolute atomic E-state index is 12.9. The van der Waals surface area contributed by atoms with Crippen molar-refractivity contribution in [3.05, 3.63) is 35.5 Å². The predicted octanol–water partition coefficient (Wildman–Crippen LogP) is 11.1. The van der Waals surface area contributed by atoms with Crippen LogP contribution < -0.4 is 0 Å². The summed E-state index contributed by atoms with van der Waals surface area (Å²) in [5.41, 5.74) is 2.68. The van der Waals surface area contributed by atoms with Crippen molar-refractivity contribution >= 4 is 11.9 Å². The standard InChI is InChI=1S/C38H62O4/c1-30(2)31-22-24-33-32(29-31)23-25-34-37(33,3)26-20-28-38(34,36(41)42)27-19-17-15-13-11-9-7-5-4-6-8-10-12-14-16-18-21-35(39)40/h4,6,23,29-30,33-34H,5,7-22,24-28H2,1-3H3,(H,39,40)(H,41,42)/t33-,34?,37-,38+/m1/s1. The first-order valence-electron chi connectivity index (χ1n) is 17.7. The van der Waals surface area contributed by atoms with E-state index in [1.54, 1.807) is 5.57 Å². The Balaban J connectivity index is 1.31. The summed E-state index contributed by atoms with van der Waals surface area (Å²) >= 11 is 0. The summed E-state index contributed by atoms with van der Waals surface area (Å²) in [5, 5.41) is 19.3. The van der Waals surface area contributed by atoms with Crippen molar-refractivity contribution in [2.75, 3.05) is 0 Å². The molecule has 4 atom stereocenters. The Bertz CT molecular complexity index is 943. The van der Waals surface area contributed by atoms with E-state index in [4.69, 9.17) is 5.11 Å². The summed E-state index contributed by atoms with van der Waals surface area (Å²) in [5.74, 6) is 0.217. The van der Waals surface area contributed by atoms with Gasteiger partial charge in [-0.3, -0.25) is 9.59 Å². The molecule has 0 spiro atoms. The highest BCUT2D eigenvalue weighted by Gasteiger charge is 2.58. The third kappa shape index (κ3) is 9.58. The van der Waals surface area contributed by atoms with E-state index in [9.17, 15) is 14.7 Å². The molecule has 3 aliphatic rings. The lowest BCUT2D eigenvalue weighted by molar-refractivity contribution is -0.166. The van der Waals surface area contributed by atoms with Crippen LogP contribution >= 0.6 is 0 Å². The van der Waals surface area contributed by atoms with E-state index in [0.29, 0.717) is 18.3 Å². The van der Waals surface area contributed by atoms with E-state index >= 15 is 0 Å². The van der Waals surface area contributed by atoms with Crippen LogP contribution in [-0.4, -0.2) is 22.2 Å². The van der Waals surface area contributed by atoms with Gasteiger partial charge < -0.3 is 10.2 Å². The number of hydrogen-bond donors (Lipinski definition) is 2. The highest BCUT2D eigenvalue weighted by Crippen LogP contribution is 2.63. The molecule has 0 aromatic rings. The smallest absolute Gasteiger partial charge is 0.309 e. The van der Waals surface area contributed by atoms with Crippen molar-refractivity contribution < 1.29 is 19.8 Å². The third-order valence-electron chi connectivity index (χ3n) is 11.3. The fourth-order valence-electron chi connectivity index (χ4n) is 8.71. The van der Waals surface area contributed by atoms with Crippen molar-refractivity contribution in [1.82, 2.24) is 0 Å². The van der Waals surface area contributed by atoms with Gasteiger partial charge in [-0.25, -0.2) is 0 Å². The van der Waals surface area contributed by atoms with Crippen LogP contribution in [0.15, 0.2) is 35.5 Å². The predicted molar refractivity (Wildman–Crippen MR) is 175 cm³/mol. The van der Waals surface area contributed by atoms with Crippen LogP contribution in [0, 0.1) is 28.6 Å². The topological polar surface area (TPSA) is 74.6 Å². The Morgan fingerprint density at radius 2 is 1.48 bits per heavy atom. The van der Waals surface area contributed by atoms with Crippen molar-refractivity contribution in [2.24, 2.45) is 28.6 Å². The number of aliphatic carboxylic acids is 2. The lowest BCUT2D eigenvalue weighted by atomic mass is 9.45. The zero-order valence-corrected chi connectivity index (χ0v) is 27.3. The van der Waals surface area contributed by atoms with Gasteiger partial charge in [0.25, 0.3) is 0 Å². The number of carboxylic acids is 2. The lowest BCUT2D eigenvalue weighted by Crippen LogP contribution is -2.54. The number of fused-ring (bicyclic) bond motifs is 3. The molecular formula is C38H62O4.